The number of hydrogen-bond donors (Lipinski definition) is 0. The Bertz CT molecular complexity index is 3510. The van der Waals surface area contributed by atoms with E-state index in [0.717, 1.165) is 93.5 Å². The molecule has 0 saturated heterocycles. The average molecular weight is 733 g/mol. The molecule has 0 atom stereocenters. The fraction of sp³-hybridized carbons (Fsp3) is 0. The minimum atomic E-state index is 0.569. The Kier molecular flexibility index (Phi) is 6.79. The lowest BCUT2D eigenvalue weighted by molar-refractivity contribution is 0.622. The van der Waals surface area contributed by atoms with Crippen LogP contribution in [0.15, 0.2) is 183 Å². The van der Waals surface area contributed by atoms with Crippen molar-refractivity contribution in [2.45, 2.75) is 0 Å². The van der Waals surface area contributed by atoms with E-state index < -0.39 is 0 Å². The molecule has 57 heavy (non-hydrogen) atoms. The third-order valence-electron chi connectivity index (χ3n) is 10.8. The molecule has 0 fully saturated rings. The first-order chi connectivity index (χ1) is 28.2. The number of aromatic nitrogens is 4. The lowest BCUT2D eigenvalue weighted by Gasteiger charge is -2.10. The summed E-state index contributed by atoms with van der Waals surface area (Å²) in [6.45, 7) is 0. The summed E-state index contributed by atoms with van der Waals surface area (Å²) in [6, 6.07) is 57.2. The van der Waals surface area contributed by atoms with Crippen LogP contribution in [0.2, 0.25) is 0 Å². The van der Waals surface area contributed by atoms with Gasteiger partial charge in [0.05, 0.1) is 5.39 Å². The van der Waals surface area contributed by atoms with Crippen LogP contribution in [0.25, 0.3) is 122 Å². The van der Waals surface area contributed by atoms with Gasteiger partial charge in [0.15, 0.2) is 23.1 Å². The van der Waals surface area contributed by atoms with Gasteiger partial charge in [-0.15, -0.1) is 0 Å². The van der Waals surface area contributed by atoms with Crippen molar-refractivity contribution in [3.05, 3.63) is 170 Å². The Labute approximate surface area is 324 Å². The van der Waals surface area contributed by atoms with Crippen LogP contribution in [-0.2, 0) is 0 Å². The monoisotopic (exact) mass is 732 g/mol. The molecule has 266 valence electrons. The summed E-state index contributed by atoms with van der Waals surface area (Å²) in [7, 11) is 0. The first-order valence-electron chi connectivity index (χ1n) is 18.8. The van der Waals surface area contributed by atoms with Crippen molar-refractivity contribution in [2.24, 2.45) is 0 Å². The van der Waals surface area contributed by atoms with E-state index in [-0.39, 0.29) is 0 Å². The Hall–Kier alpha value is -7.90. The topological polar surface area (TPSA) is 91.0 Å². The SMILES string of the molecule is c1ccc(-c2nc(-c3ccc(-c4ccc5c(c4)oc4ccccc45)cc3)nc(-c3ccc4ccc5oc6ccc7nc(-c8ccccc8)oc7c6c5c4c3)n2)cc1. The number of fused-ring (bicyclic) bond motifs is 10. The number of nitrogens with zero attached hydrogens (tertiary/aromatic N) is 4. The van der Waals surface area contributed by atoms with Gasteiger partial charge in [0, 0.05) is 38.4 Å². The number of hydrogen-bond acceptors (Lipinski definition) is 7. The molecule has 0 aliphatic carbocycles. The zero-order valence-electron chi connectivity index (χ0n) is 30.2. The Morgan fingerprint density at radius 1 is 0.316 bits per heavy atom. The van der Waals surface area contributed by atoms with E-state index in [4.69, 9.17) is 33.2 Å². The second kappa shape index (κ2) is 12.3. The number of oxazole rings is 1. The zero-order chi connectivity index (χ0) is 37.5. The minimum Gasteiger partial charge on any atom is -0.456 e. The van der Waals surface area contributed by atoms with E-state index in [1.165, 1.54) is 0 Å². The Morgan fingerprint density at radius 3 is 1.70 bits per heavy atom. The molecule has 4 heterocycles. The van der Waals surface area contributed by atoms with Gasteiger partial charge in [0.1, 0.15) is 27.8 Å². The summed E-state index contributed by atoms with van der Waals surface area (Å²) in [6.07, 6.45) is 0. The molecule has 4 aromatic heterocycles. The summed E-state index contributed by atoms with van der Waals surface area (Å²) < 4.78 is 19.1. The smallest absolute Gasteiger partial charge is 0.227 e. The van der Waals surface area contributed by atoms with Crippen molar-refractivity contribution in [2.75, 3.05) is 0 Å². The maximum Gasteiger partial charge on any atom is 0.227 e. The molecule has 0 saturated carbocycles. The first-order valence-corrected chi connectivity index (χ1v) is 18.8. The van der Waals surface area contributed by atoms with Crippen LogP contribution >= 0.6 is 0 Å². The van der Waals surface area contributed by atoms with Gasteiger partial charge in [-0.2, -0.15) is 0 Å². The minimum absolute atomic E-state index is 0.569. The van der Waals surface area contributed by atoms with E-state index in [0.29, 0.717) is 28.9 Å². The summed E-state index contributed by atoms with van der Waals surface area (Å²) >= 11 is 0. The van der Waals surface area contributed by atoms with Gasteiger partial charge in [-0.1, -0.05) is 115 Å². The number of para-hydroxylation sites is 1. The highest BCUT2D eigenvalue weighted by atomic mass is 16.4. The number of benzene rings is 8. The molecule has 0 N–H and O–H groups in total. The van der Waals surface area contributed by atoms with Crippen LogP contribution in [0.3, 0.4) is 0 Å². The van der Waals surface area contributed by atoms with Crippen LogP contribution in [-0.4, -0.2) is 19.9 Å². The van der Waals surface area contributed by atoms with Crippen molar-refractivity contribution in [3.8, 4) is 56.7 Å². The predicted molar refractivity (Wildman–Crippen MR) is 227 cm³/mol. The van der Waals surface area contributed by atoms with Crippen molar-refractivity contribution < 1.29 is 13.3 Å². The van der Waals surface area contributed by atoms with Crippen molar-refractivity contribution in [1.82, 2.24) is 19.9 Å². The van der Waals surface area contributed by atoms with Crippen LogP contribution in [0.1, 0.15) is 0 Å². The molecule has 12 rings (SSSR count). The third kappa shape index (κ3) is 5.13. The number of furan rings is 2. The average Bonchev–Trinajstić information content (AvgIpc) is 4.00. The van der Waals surface area contributed by atoms with Gasteiger partial charge >= 0.3 is 0 Å². The molecule has 7 heteroatoms. The maximum absolute atomic E-state index is 6.49. The van der Waals surface area contributed by atoms with E-state index in [2.05, 4.69) is 72.8 Å². The molecule has 0 aliphatic heterocycles. The van der Waals surface area contributed by atoms with Crippen molar-refractivity contribution in [3.63, 3.8) is 0 Å². The van der Waals surface area contributed by atoms with Crippen molar-refractivity contribution >= 4 is 65.7 Å². The Morgan fingerprint density at radius 2 is 0.895 bits per heavy atom. The molecule has 0 amide bonds. The number of rotatable bonds is 5. The van der Waals surface area contributed by atoms with Crippen LogP contribution < -0.4 is 0 Å². The fourth-order valence-corrected chi connectivity index (χ4v) is 7.97. The first kappa shape index (κ1) is 31.5. The van der Waals surface area contributed by atoms with Gasteiger partial charge in [0.2, 0.25) is 5.89 Å². The Balaban J connectivity index is 0.991. The second-order valence-electron chi connectivity index (χ2n) is 14.2. The van der Waals surface area contributed by atoms with E-state index in [9.17, 15) is 0 Å². The summed E-state index contributed by atoms with van der Waals surface area (Å²) in [4.78, 5) is 20.0. The van der Waals surface area contributed by atoms with E-state index in [1.54, 1.807) is 0 Å². The lowest BCUT2D eigenvalue weighted by atomic mass is 10.0. The van der Waals surface area contributed by atoms with Crippen molar-refractivity contribution in [1.29, 1.82) is 0 Å². The van der Waals surface area contributed by atoms with Crippen LogP contribution in [0.5, 0.6) is 0 Å². The molecular weight excluding hydrogens is 705 g/mol. The maximum atomic E-state index is 6.49. The van der Waals surface area contributed by atoms with E-state index in [1.807, 2.05) is 97.1 Å². The molecule has 8 aromatic carbocycles. The van der Waals surface area contributed by atoms with Gasteiger partial charge in [-0.3, -0.25) is 0 Å². The van der Waals surface area contributed by atoms with Gasteiger partial charge in [0.25, 0.3) is 0 Å². The summed E-state index contributed by atoms with van der Waals surface area (Å²) in [5.41, 5.74) is 10.4. The molecule has 0 bridgehead atoms. The molecule has 0 unspecified atom stereocenters. The highest BCUT2D eigenvalue weighted by Crippen LogP contribution is 2.41. The van der Waals surface area contributed by atoms with Crippen LogP contribution in [0, 0.1) is 0 Å². The largest absolute Gasteiger partial charge is 0.456 e. The predicted octanol–water partition coefficient (Wildman–Crippen LogP) is 13.3. The highest BCUT2D eigenvalue weighted by Gasteiger charge is 2.20. The molecule has 0 aliphatic rings. The highest BCUT2D eigenvalue weighted by molar-refractivity contribution is 6.25. The molecule has 7 nitrogen and oxygen atoms in total. The van der Waals surface area contributed by atoms with E-state index >= 15 is 0 Å². The second-order valence-corrected chi connectivity index (χ2v) is 14.2. The summed E-state index contributed by atoms with van der Waals surface area (Å²) in [5.74, 6) is 2.32. The fourth-order valence-electron chi connectivity index (χ4n) is 7.97. The zero-order valence-corrected chi connectivity index (χ0v) is 30.2. The standard InChI is InChI=1S/C50H28N4O3/c1-3-9-31(10-4-1)47-52-48(32-18-15-29(16-19-32)34-21-23-37-36-13-7-8-14-40(36)55-43(37)28-34)54-49(53-47)35-20-17-30-22-25-41-44(38(30)27-35)45-42(56-41)26-24-39-46(45)57-50(51-39)33-11-5-2-6-12-33/h1-28H. The lowest BCUT2D eigenvalue weighted by Crippen LogP contribution is -2.00. The molecule has 0 radical (unpaired) electrons. The molecule has 0 spiro atoms. The van der Waals surface area contributed by atoms with Gasteiger partial charge in [-0.25, -0.2) is 19.9 Å². The van der Waals surface area contributed by atoms with Gasteiger partial charge in [-0.05, 0) is 76.5 Å². The third-order valence-corrected chi connectivity index (χ3v) is 10.8. The van der Waals surface area contributed by atoms with Gasteiger partial charge < -0.3 is 13.3 Å². The molecule has 12 aromatic rings. The molecular formula is C50H28N4O3. The summed E-state index contributed by atoms with van der Waals surface area (Å²) in [5, 5.41) is 6.13. The quantitative estimate of drug-likeness (QED) is 0.174. The normalized spacial score (nSPS) is 11.9. The van der Waals surface area contributed by atoms with Crippen LogP contribution in [0.4, 0.5) is 0 Å².